The van der Waals surface area contributed by atoms with Gasteiger partial charge in [-0.3, -0.25) is 0 Å². The van der Waals surface area contributed by atoms with Gasteiger partial charge in [0.2, 0.25) is 10.0 Å². The first kappa shape index (κ1) is 13.2. The van der Waals surface area contributed by atoms with Gasteiger partial charge < -0.3 is 0 Å². The highest BCUT2D eigenvalue weighted by Crippen LogP contribution is 2.10. The molecule has 0 aliphatic carbocycles. The van der Waals surface area contributed by atoms with Crippen LogP contribution in [-0.4, -0.2) is 32.6 Å². The summed E-state index contributed by atoms with van der Waals surface area (Å²) in [4.78, 5) is 0. The molecule has 0 radical (unpaired) electrons. The zero-order chi connectivity index (χ0) is 12.2. The number of hydrogen-bond donors (Lipinski definition) is 0. The second-order valence-corrected chi connectivity index (χ2v) is 6.20. The van der Waals surface area contributed by atoms with Crippen LogP contribution in [0.4, 0.5) is 0 Å². The van der Waals surface area contributed by atoms with Crippen molar-refractivity contribution in [2.75, 3.05) is 19.8 Å². The minimum absolute atomic E-state index is 0.577. The van der Waals surface area contributed by atoms with Crippen LogP contribution in [0.15, 0.2) is 24.3 Å². The second-order valence-electron chi connectivity index (χ2n) is 4.11. The predicted octanol–water partition coefficient (Wildman–Crippen LogP) is 1.82. The summed E-state index contributed by atoms with van der Waals surface area (Å²) in [6.07, 6.45) is 3.02. The molecule has 0 saturated carbocycles. The van der Waals surface area contributed by atoms with E-state index in [-0.39, 0.29) is 0 Å². The molecular formula is C12H19NO2S. The lowest BCUT2D eigenvalue weighted by Crippen LogP contribution is -2.26. The van der Waals surface area contributed by atoms with Crippen molar-refractivity contribution < 1.29 is 8.42 Å². The summed E-state index contributed by atoms with van der Waals surface area (Å²) < 4.78 is 23.7. The average molecular weight is 241 g/mol. The monoisotopic (exact) mass is 241 g/mol. The quantitative estimate of drug-likeness (QED) is 0.788. The van der Waals surface area contributed by atoms with Crippen LogP contribution in [0.5, 0.6) is 0 Å². The zero-order valence-electron chi connectivity index (χ0n) is 10.1. The maximum Gasteiger partial charge on any atom is 0.210 e. The van der Waals surface area contributed by atoms with Crippen LogP contribution in [0.1, 0.15) is 17.5 Å². The Labute approximate surface area is 98.1 Å². The van der Waals surface area contributed by atoms with Crippen molar-refractivity contribution in [1.29, 1.82) is 0 Å². The second kappa shape index (κ2) is 5.46. The molecule has 16 heavy (non-hydrogen) atoms. The van der Waals surface area contributed by atoms with E-state index >= 15 is 0 Å². The first-order valence-electron chi connectivity index (χ1n) is 5.37. The van der Waals surface area contributed by atoms with Crippen LogP contribution >= 0.6 is 0 Å². The molecule has 0 spiro atoms. The van der Waals surface area contributed by atoms with Crippen LogP contribution in [-0.2, 0) is 16.4 Å². The highest BCUT2D eigenvalue weighted by Gasteiger charge is 2.09. The molecule has 0 N–H and O–H groups in total. The Kier molecular flexibility index (Phi) is 4.50. The van der Waals surface area contributed by atoms with Gasteiger partial charge >= 0.3 is 0 Å². The summed E-state index contributed by atoms with van der Waals surface area (Å²) in [5, 5.41) is 0. The topological polar surface area (TPSA) is 37.4 Å². The average Bonchev–Trinajstić information content (AvgIpc) is 2.19. The summed E-state index contributed by atoms with van der Waals surface area (Å²) in [6, 6.07) is 8.20. The fourth-order valence-electron chi connectivity index (χ4n) is 1.55. The number of rotatable bonds is 5. The highest BCUT2D eigenvalue weighted by atomic mass is 32.2. The molecule has 0 atom stereocenters. The van der Waals surface area contributed by atoms with E-state index in [0.717, 1.165) is 12.8 Å². The molecule has 0 aliphatic heterocycles. The Morgan fingerprint density at radius 3 is 2.44 bits per heavy atom. The third kappa shape index (κ3) is 3.94. The van der Waals surface area contributed by atoms with Crippen molar-refractivity contribution >= 4 is 10.0 Å². The Hall–Kier alpha value is -0.870. The minimum atomic E-state index is -3.03. The number of aryl methyl sites for hydroxylation is 2. The van der Waals surface area contributed by atoms with E-state index in [0.29, 0.717) is 6.54 Å². The van der Waals surface area contributed by atoms with Crippen molar-refractivity contribution in [1.82, 2.24) is 4.31 Å². The lowest BCUT2D eigenvalue weighted by molar-refractivity contribution is 0.466. The smallest absolute Gasteiger partial charge is 0.210 e. The van der Waals surface area contributed by atoms with Crippen LogP contribution in [0.3, 0.4) is 0 Å². The molecule has 0 aromatic heterocycles. The molecule has 0 amide bonds. The maximum atomic E-state index is 11.2. The van der Waals surface area contributed by atoms with Crippen LogP contribution in [0.25, 0.3) is 0 Å². The van der Waals surface area contributed by atoms with Crippen LogP contribution in [0, 0.1) is 6.92 Å². The first-order chi connectivity index (χ1) is 7.41. The van der Waals surface area contributed by atoms with Gasteiger partial charge in [0, 0.05) is 13.6 Å². The number of benzene rings is 1. The molecule has 0 heterocycles. The van der Waals surface area contributed by atoms with E-state index in [1.165, 1.54) is 21.7 Å². The Balaban J connectivity index is 2.46. The molecule has 1 aromatic carbocycles. The Morgan fingerprint density at radius 2 is 1.88 bits per heavy atom. The van der Waals surface area contributed by atoms with Gasteiger partial charge in [-0.1, -0.05) is 24.3 Å². The van der Waals surface area contributed by atoms with Gasteiger partial charge in [0.1, 0.15) is 0 Å². The normalized spacial score (nSPS) is 12.0. The van der Waals surface area contributed by atoms with Gasteiger partial charge in [0.15, 0.2) is 0 Å². The lowest BCUT2D eigenvalue weighted by Gasteiger charge is -2.14. The predicted molar refractivity (Wildman–Crippen MR) is 67.0 cm³/mol. The first-order valence-corrected chi connectivity index (χ1v) is 7.22. The van der Waals surface area contributed by atoms with Crippen molar-refractivity contribution in [3.05, 3.63) is 35.4 Å². The summed E-state index contributed by atoms with van der Waals surface area (Å²) >= 11 is 0. The highest BCUT2D eigenvalue weighted by molar-refractivity contribution is 7.88. The lowest BCUT2D eigenvalue weighted by atomic mass is 10.0. The van der Waals surface area contributed by atoms with Gasteiger partial charge in [-0.25, -0.2) is 12.7 Å². The molecule has 0 fully saturated rings. The van der Waals surface area contributed by atoms with Gasteiger partial charge in [-0.05, 0) is 30.9 Å². The third-order valence-corrected chi connectivity index (χ3v) is 4.06. The number of nitrogens with zero attached hydrogens (tertiary/aromatic N) is 1. The van der Waals surface area contributed by atoms with Crippen LogP contribution in [0.2, 0.25) is 0 Å². The molecule has 1 rings (SSSR count). The zero-order valence-corrected chi connectivity index (χ0v) is 10.9. The SMILES string of the molecule is Cc1ccccc1CCCN(C)S(C)(=O)=O. The summed E-state index contributed by atoms with van der Waals surface area (Å²) in [7, 11) is -1.42. The van der Waals surface area contributed by atoms with E-state index < -0.39 is 10.0 Å². The van der Waals surface area contributed by atoms with Crippen molar-refractivity contribution in [3.8, 4) is 0 Å². The Morgan fingerprint density at radius 1 is 1.25 bits per heavy atom. The molecule has 1 aromatic rings. The third-order valence-electron chi connectivity index (χ3n) is 2.75. The summed E-state index contributed by atoms with van der Waals surface area (Å²) in [5.41, 5.74) is 2.56. The van der Waals surface area contributed by atoms with Gasteiger partial charge in [-0.15, -0.1) is 0 Å². The van der Waals surface area contributed by atoms with E-state index in [9.17, 15) is 8.42 Å². The largest absolute Gasteiger partial charge is 0.213 e. The molecule has 0 bridgehead atoms. The fraction of sp³-hybridized carbons (Fsp3) is 0.500. The van der Waals surface area contributed by atoms with E-state index in [1.54, 1.807) is 7.05 Å². The molecule has 90 valence electrons. The van der Waals surface area contributed by atoms with Crippen molar-refractivity contribution in [2.24, 2.45) is 0 Å². The maximum absolute atomic E-state index is 11.2. The minimum Gasteiger partial charge on any atom is -0.213 e. The Bertz CT molecular complexity index is 440. The van der Waals surface area contributed by atoms with E-state index in [1.807, 2.05) is 12.1 Å². The fourth-order valence-corrected chi connectivity index (χ4v) is 2.01. The van der Waals surface area contributed by atoms with Gasteiger partial charge in [-0.2, -0.15) is 0 Å². The standard InChI is InChI=1S/C12H19NO2S/c1-11-7-4-5-8-12(11)9-6-10-13(2)16(3,14)15/h4-5,7-8H,6,9-10H2,1-3H3. The van der Waals surface area contributed by atoms with E-state index in [4.69, 9.17) is 0 Å². The van der Waals surface area contributed by atoms with E-state index in [2.05, 4.69) is 19.1 Å². The van der Waals surface area contributed by atoms with Crippen molar-refractivity contribution in [2.45, 2.75) is 19.8 Å². The molecule has 0 aliphatic rings. The van der Waals surface area contributed by atoms with Gasteiger partial charge in [0.05, 0.1) is 6.26 Å². The molecular weight excluding hydrogens is 222 g/mol. The van der Waals surface area contributed by atoms with Gasteiger partial charge in [0.25, 0.3) is 0 Å². The van der Waals surface area contributed by atoms with Crippen LogP contribution < -0.4 is 0 Å². The molecule has 4 heteroatoms. The summed E-state index contributed by atoms with van der Waals surface area (Å²) in [5.74, 6) is 0. The number of hydrogen-bond acceptors (Lipinski definition) is 2. The molecule has 0 saturated heterocycles. The molecule has 3 nitrogen and oxygen atoms in total. The molecule has 0 unspecified atom stereocenters. The summed E-state index contributed by atoms with van der Waals surface area (Å²) in [6.45, 7) is 2.66. The van der Waals surface area contributed by atoms with Crippen molar-refractivity contribution in [3.63, 3.8) is 0 Å². The number of sulfonamides is 1.